The molecule has 0 atom stereocenters. The number of aliphatic hydroxyl groups is 1. The van der Waals surface area contributed by atoms with Crippen molar-refractivity contribution in [2.24, 2.45) is 10.9 Å². The van der Waals surface area contributed by atoms with Crippen LogP contribution in [-0.4, -0.2) is 33.1 Å². The van der Waals surface area contributed by atoms with Crippen molar-refractivity contribution in [1.29, 1.82) is 0 Å². The molecule has 0 bridgehead atoms. The van der Waals surface area contributed by atoms with Gasteiger partial charge in [0.1, 0.15) is 23.0 Å². The Morgan fingerprint density at radius 1 is 1.12 bits per heavy atom. The fourth-order valence-corrected chi connectivity index (χ4v) is 3.71. The number of hydrogen-bond donors (Lipinski definition) is 3. The molecule has 2 aliphatic rings. The molecule has 1 aromatic heterocycles. The molecule has 0 spiro atoms. The number of hydrogen-bond acceptors (Lipinski definition) is 5. The van der Waals surface area contributed by atoms with E-state index in [4.69, 9.17) is 0 Å². The highest BCUT2D eigenvalue weighted by Crippen LogP contribution is 2.25. The van der Waals surface area contributed by atoms with Gasteiger partial charge in [-0.25, -0.2) is 23.7 Å². The molecule has 1 heterocycles. The maximum Gasteiger partial charge on any atom is 0.223 e. The van der Waals surface area contributed by atoms with E-state index in [1.165, 1.54) is 24.6 Å². The number of rotatable bonds is 4. The molecule has 6 nitrogen and oxygen atoms in total. The molecule has 0 radical (unpaired) electrons. The molecule has 2 aromatic rings. The Morgan fingerprint density at radius 3 is 2.47 bits per heavy atom. The van der Waals surface area contributed by atoms with E-state index in [0.29, 0.717) is 36.2 Å². The summed E-state index contributed by atoms with van der Waals surface area (Å²) in [5.41, 5.74) is 0.802. The van der Waals surface area contributed by atoms with E-state index in [1.807, 2.05) is 6.92 Å². The minimum atomic E-state index is -0.728. The molecule has 0 aliphatic heterocycles. The van der Waals surface area contributed by atoms with Crippen molar-refractivity contribution in [3.05, 3.63) is 41.7 Å². The van der Waals surface area contributed by atoms with Crippen LogP contribution in [0.3, 0.4) is 0 Å². The Bertz CT molecular complexity index is 1030. The van der Waals surface area contributed by atoms with Crippen LogP contribution in [0.15, 0.2) is 29.4 Å². The summed E-state index contributed by atoms with van der Waals surface area (Å²) in [6.45, 7) is 1.81. The first-order chi connectivity index (χ1) is 15.5. The Kier molecular flexibility index (Phi) is 6.96. The first-order valence-electron chi connectivity index (χ1n) is 11.1. The van der Waals surface area contributed by atoms with Crippen molar-refractivity contribution >= 4 is 23.2 Å². The maximum atomic E-state index is 14.2. The monoisotopic (exact) mass is 439 g/mol. The minimum Gasteiger partial charge on any atom is -0.393 e. The van der Waals surface area contributed by atoms with Crippen molar-refractivity contribution in [3.63, 3.8) is 0 Å². The number of aromatic nitrogens is 2. The van der Waals surface area contributed by atoms with Gasteiger partial charge in [0.2, 0.25) is 5.95 Å². The van der Waals surface area contributed by atoms with Gasteiger partial charge in [-0.3, -0.25) is 0 Å². The van der Waals surface area contributed by atoms with Crippen LogP contribution in [-0.2, 0) is 0 Å². The third kappa shape index (κ3) is 5.60. The van der Waals surface area contributed by atoms with Crippen LogP contribution in [0, 0.1) is 36.3 Å². The van der Waals surface area contributed by atoms with Crippen LogP contribution < -0.4 is 10.6 Å². The van der Waals surface area contributed by atoms with Crippen LogP contribution >= 0.6 is 0 Å². The first-order valence-corrected chi connectivity index (χ1v) is 11.1. The Hall–Kier alpha value is -3.05. The molecule has 2 saturated carbocycles. The number of aliphatic imine (C=N–C) groups is 1. The Morgan fingerprint density at radius 2 is 1.84 bits per heavy atom. The van der Waals surface area contributed by atoms with E-state index in [2.05, 4.69) is 37.4 Å². The van der Waals surface area contributed by atoms with Gasteiger partial charge in [-0.2, -0.15) is 0 Å². The number of nitrogens with one attached hydrogen (secondary N) is 2. The van der Waals surface area contributed by atoms with Crippen molar-refractivity contribution in [3.8, 4) is 11.8 Å². The van der Waals surface area contributed by atoms with E-state index in [-0.39, 0.29) is 23.5 Å². The molecular weight excluding hydrogens is 412 g/mol. The molecule has 3 N–H and O–H groups in total. The summed E-state index contributed by atoms with van der Waals surface area (Å²) < 4.78 is 28.4. The lowest BCUT2D eigenvalue weighted by Gasteiger charge is -2.26. The van der Waals surface area contributed by atoms with Crippen LogP contribution in [0.4, 0.5) is 26.1 Å². The predicted molar refractivity (Wildman–Crippen MR) is 121 cm³/mol. The van der Waals surface area contributed by atoms with E-state index < -0.39 is 11.6 Å². The molecule has 2 fully saturated rings. The number of para-hydroxylation sites is 1. The van der Waals surface area contributed by atoms with Crippen molar-refractivity contribution in [2.75, 3.05) is 10.6 Å². The van der Waals surface area contributed by atoms with Gasteiger partial charge in [-0.15, -0.1) is 0 Å². The maximum absolute atomic E-state index is 14.2. The summed E-state index contributed by atoms with van der Waals surface area (Å²) in [5, 5.41) is 15.7. The number of amidine groups is 1. The number of halogens is 2. The third-order valence-electron chi connectivity index (χ3n) is 5.92. The second-order valence-corrected chi connectivity index (χ2v) is 8.39. The van der Waals surface area contributed by atoms with E-state index in [0.717, 1.165) is 25.7 Å². The lowest BCUT2D eigenvalue weighted by molar-refractivity contribution is 0.119. The zero-order valence-corrected chi connectivity index (χ0v) is 18.0. The zero-order valence-electron chi connectivity index (χ0n) is 18.0. The zero-order chi connectivity index (χ0) is 22.5. The molecule has 0 saturated heterocycles. The van der Waals surface area contributed by atoms with Crippen molar-refractivity contribution in [1.82, 2.24) is 9.97 Å². The molecular formula is C24H27F2N5O. The average molecular weight is 440 g/mol. The fraction of sp³-hybridized carbons (Fsp3) is 0.458. The van der Waals surface area contributed by atoms with Crippen molar-refractivity contribution < 1.29 is 13.9 Å². The van der Waals surface area contributed by atoms with Gasteiger partial charge >= 0.3 is 0 Å². The summed E-state index contributed by atoms with van der Waals surface area (Å²) in [6, 6.07) is 4.06. The standard InChI is InChI=1S/C24H27F2N5O/c1-15-21(14-27-24(28-15)29-17-4-2-5-17)30-22(13-10-16-8-11-18(32)12-9-16)31-23-19(25)6-3-7-20(23)26/h3,6-7,14,16-18,32H,2,4-5,8-9,11-12H2,1H3,(H,30,31)(H,27,28,29)/t16-,18+. The molecule has 0 amide bonds. The van der Waals surface area contributed by atoms with Gasteiger partial charge in [0.05, 0.1) is 18.0 Å². The van der Waals surface area contributed by atoms with E-state index in [9.17, 15) is 13.9 Å². The molecule has 4 rings (SSSR count). The van der Waals surface area contributed by atoms with Crippen LogP contribution in [0.5, 0.6) is 0 Å². The van der Waals surface area contributed by atoms with Gasteiger partial charge in [-0.1, -0.05) is 12.0 Å². The smallest absolute Gasteiger partial charge is 0.223 e. The lowest BCUT2D eigenvalue weighted by atomic mass is 9.88. The number of aliphatic hydroxyl groups excluding tert-OH is 1. The highest BCUT2D eigenvalue weighted by Gasteiger charge is 2.19. The minimum absolute atomic E-state index is 0.0993. The molecule has 32 heavy (non-hydrogen) atoms. The predicted octanol–water partition coefficient (Wildman–Crippen LogP) is 4.72. The molecule has 0 unspecified atom stereocenters. The normalized spacial score (nSPS) is 21.3. The molecule has 168 valence electrons. The molecule has 8 heteroatoms. The van der Waals surface area contributed by atoms with E-state index in [1.54, 1.807) is 6.20 Å². The molecule has 1 aromatic carbocycles. The lowest BCUT2D eigenvalue weighted by Crippen LogP contribution is -2.28. The third-order valence-corrected chi connectivity index (χ3v) is 5.92. The second-order valence-electron chi connectivity index (χ2n) is 8.39. The Labute approximate surface area is 186 Å². The first kappa shape index (κ1) is 22.2. The largest absolute Gasteiger partial charge is 0.393 e. The topological polar surface area (TPSA) is 82.4 Å². The summed E-state index contributed by atoms with van der Waals surface area (Å²) in [4.78, 5) is 13.3. The van der Waals surface area contributed by atoms with Crippen LogP contribution in [0.1, 0.15) is 50.6 Å². The second kappa shape index (κ2) is 10.0. The summed E-state index contributed by atoms with van der Waals surface area (Å²) >= 11 is 0. The van der Waals surface area contributed by atoms with Crippen LogP contribution in [0.2, 0.25) is 0 Å². The van der Waals surface area contributed by atoms with Gasteiger partial charge in [-0.05, 0) is 69.9 Å². The number of aryl methyl sites for hydroxylation is 1. The van der Waals surface area contributed by atoms with Gasteiger partial charge in [0.25, 0.3) is 0 Å². The number of nitrogens with zero attached hydrogens (tertiary/aromatic N) is 3. The van der Waals surface area contributed by atoms with Gasteiger partial charge in [0.15, 0.2) is 5.84 Å². The highest BCUT2D eigenvalue weighted by molar-refractivity contribution is 6.09. The summed E-state index contributed by atoms with van der Waals surface area (Å²) in [5.74, 6) is 5.40. The summed E-state index contributed by atoms with van der Waals surface area (Å²) in [6.07, 6.45) is 7.68. The molecule has 2 aliphatic carbocycles. The van der Waals surface area contributed by atoms with Gasteiger partial charge < -0.3 is 15.7 Å². The average Bonchev–Trinajstić information content (AvgIpc) is 2.74. The number of benzene rings is 1. The van der Waals surface area contributed by atoms with Crippen molar-refractivity contribution in [2.45, 2.75) is 64.0 Å². The highest BCUT2D eigenvalue weighted by atomic mass is 19.1. The van der Waals surface area contributed by atoms with Crippen LogP contribution in [0.25, 0.3) is 0 Å². The number of anilines is 2. The fourth-order valence-electron chi connectivity index (χ4n) is 3.71. The Balaban J connectivity index is 1.60. The quantitative estimate of drug-likeness (QED) is 0.365. The van der Waals surface area contributed by atoms with Gasteiger partial charge in [0, 0.05) is 12.0 Å². The SMILES string of the molecule is Cc1nc(NC2CCC2)ncc1/N=C(\C#C[C@H]1CC[C@@H](O)CC1)Nc1c(F)cccc1F. The van der Waals surface area contributed by atoms with E-state index >= 15 is 0 Å². The summed E-state index contributed by atoms with van der Waals surface area (Å²) in [7, 11) is 0.